The number of imide groups is 1. The molecule has 2 saturated heterocycles. The fraction of sp³-hybridized carbons (Fsp3) is 0.450. The van der Waals surface area contributed by atoms with E-state index in [9.17, 15) is 14.4 Å². The van der Waals surface area contributed by atoms with Crippen LogP contribution >= 0.6 is 0 Å². The molecule has 3 amide bonds. The maximum Gasteiger partial charge on any atom is 0.254 e. The fourth-order valence-electron chi connectivity index (χ4n) is 4.02. The molecule has 2 aliphatic heterocycles. The third-order valence-electron chi connectivity index (χ3n) is 5.47. The number of anilines is 1. The summed E-state index contributed by atoms with van der Waals surface area (Å²) in [6, 6.07) is 6.84. The lowest BCUT2D eigenvalue weighted by molar-refractivity contribution is -0.122. The molecule has 26 heavy (non-hydrogen) atoms. The Morgan fingerprint density at radius 2 is 1.85 bits per heavy atom. The first-order valence-electron chi connectivity index (χ1n) is 9.07. The molecular weight excluding hydrogens is 332 g/mol. The van der Waals surface area contributed by atoms with Crippen molar-refractivity contribution in [2.24, 2.45) is 11.8 Å². The zero-order chi connectivity index (χ0) is 18.3. The van der Waals surface area contributed by atoms with Crippen molar-refractivity contribution in [3.05, 3.63) is 41.5 Å². The van der Waals surface area contributed by atoms with Crippen LogP contribution in [0.15, 0.2) is 35.9 Å². The Kier molecular flexibility index (Phi) is 4.36. The molecule has 0 aromatic heterocycles. The lowest BCUT2D eigenvalue weighted by atomic mass is 9.82. The van der Waals surface area contributed by atoms with E-state index >= 15 is 0 Å². The number of carbonyl (C=O) groups excluding carboxylic acids is 3. The highest BCUT2D eigenvalue weighted by Crippen LogP contribution is 2.39. The standard InChI is InChI=1S/C20H22N2O4/c1-13-5-6-16-17(11-13)20(25)22(19(16)24)15-4-2-3-14(12-15)18(23)21-7-9-26-10-8-21/h2-5,12,16-17H,6-11H2,1H3/t16-,17-/m0/s1. The van der Waals surface area contributed by atoms with Gasteiger partial charge in [-0.05, 0) is 38.0 Å². The van der Waals surface area contributed by atoms with Crippen LogP contribution in [0, 0.1) is 11.8 Å². The highest BCUT2D eigenvalue weighted by molar-refractivity contribution is 6.22. The molecule has 2 heterocycles. The van der Waals surface area contributed by atoms with Gasteiger partial charge in [-0.15, -0.1) is 0 Å². The summed E-state index contributed by atoms with van der Waals surface area (Å²) in [6.45, 7) is 4.17. The molecule has 4 rings (SSSR count). The molecule has 0 saturated carbocycles. The summed E-state index contributed by atoms with van der Waals surface area (Å²) in [5.41, 5.74) is 2.14. The van der Waals surface area contributed by atoms with E-state index in [0.717, 1.165) is 5.57 Å². The third kappa shape index (κ3) is 2.84. The predicted molar refractivity (Wildman–Crippen MR) is 95.6 cm³/mol. The Balaban J connectivity index is 1.60. The smallest absolute Gasteiger partial charge is 0.254 e. The van der Waals surface area contributed by atoms with Gasteiger partial charge in [0.05, 0.1) is 30.7 Å². The zero-order valence-electron chi connectivity index (χ0n) is 14.8. The lowest BCUT2D eigenvalue weighted by Gasteiger charge is -2.27. The Morgan fingerprint density at radius 1 is 1.12 bits per heavy atom. The first-order chi connectivity index (χ1) is 12.6. The SMILES string of the molecule is CC1=CC[C@@H]2C(=O)N(c3cccc(C(=O)N4CCOCC4)c3)C(=O)[C@H]2C1. The van der Waals surface area contributed by atoms with Gasteiger partial charge < -0.3 is 9.64 Å². The molecule has 0 N–H and O–H groups in total. The van der Waals surface area contributed by atoms with Gasteiger partial charge in [0.1, 0.15) is 0 Å². The van der Waals surface area contributed by atoms with Crippen molar-refractivity contribution in [2.45, 2.75) is 19.8 Å². The Morgan fingerprint density at radius 3 is 2.62 bits per heavy atom. The van der Waals surface area contributed by atoms with Gasteiger partial charge >= 0.3 is 0 Å². The molecule has 3 aliphatic rings. The first-order valence-corrected chi connectivity index (χ1v) is 9.07. The molecule has 2 atom stereocenters. The van der Waals surface area contributed by atoms with Gasteiger partial charge in [0.2, 0.25) is 11.8 Å². The number of fused-ring (bicyclic) bond motifs is 1. The molecule has 2 fully saturated rings. The number of hydrogen-bond acceptors (Lipinski definition) is 4. The van der Waals surface area contributed by atoms with Crippen molar-refractivity contribution in [2.75, 3.05) is 31.2 Å². The number of carbonyl (C=O) groups is 3. The number of morpholine rings is 1. The van der Waals surface area contributed by atoms with Crippen molar-refractivity contribution in [3.63, 3.8) is 0 Å². The quantitative estimate of drug-likeness (QED) is 0.602. The Hall–Kier alpha value is -2.47. The highest BCUT2D eigenvalue weighted by Gasteiger charge is 2.48. The molecule has 6 nitrogen and oxygen atoms in total. The average molecular weight is 354 g/mol. The molecule has 0 unspecified atom stereocenters. The van der Waals surface area contributed by atoms with E-state index in [1.54, 1.807) is 29.2 Å². The molecule has 136 valence electrons. The number of nitrogens with zero attached hydrogens (tertiary/aromatic N) is 2. The van der Waals surface area contributed by atoms with E-state index in [1.807, 2.05) is 13.0 Å². The summed E-state index contributed by atoms with van der Waals surface area (Å²) in [5, 5.41) is 0. The summed E-state index contributed by atoms with van der Waals surface area (Å²) in [6.07, 6.45) is 3.30. The topological polar surface area (TPSA) is 66.9 Å². The van der Waals surface area contributed by atoms with Crippen LogP contribution in [0.25, 0.3) is 0 Å². The van der Waals surface area contributed by atoms with Crippen LogP contribution in [0.4, 0.5) is 5.69 Å². The minimum absolute atomic E-state index is 0.0934. The minimum atomic E-state index is -0.273. The molecule has 0 bridgehead atoms. The molecule has 0 spiro atoms. The maximum atomic E-state index is 12.8. The summed E-state index contributed by atoms with van der Waals surface area (Å²) >= 11 is 0. The van der Waals surface area contributed by atoms with Crippen molar-refractivity contribution < 1.29 is 19.1 Å². The number of amides is 3. The van der Waals surface area contributed by atoms with E-state index in [1.165, 1.54) is 4.90 Å². The van der Waals surface area contributed by atoms with Crippen LogP contribution < -0.4 is 4.90 Å². The van der Waals surface area contributed by atoms with E-state index in [4.69, 9.17) is 4.74 Å². The molecule has 1 aromatic carbocycles. The van der Waals surface area contributed by atoms with Gasteiger partial charge in [0.15, 0.2) is 0 Å². The van der Waals surface area contributed by atoms with E-state index in [-0.39, 0.29) is 29.6 Å². The van der Waals surface area contributed by atoms with Gasteiger partial charge in [-0.3, -0.25) is 19.3 Å². The second-order valence-corrected chi connectivity index (χ2v) is 7.17. The monoisotopic (exact) mass is 354 g/mol. The fourth-order valence-corrected chi connectivity index (χ4v) is 4.02. The number of allylic oxidation sites excluding steroid dienone is 2. The van der Waals surface area contributed by atoms with Gasteiger partial charge in [-0.2, -0.15) is 0 Å². The normalized spacial score (nSPS) is 26.0. The first kappa shape index (κ1) is 17.0. The highest BCUT2D eigenvalue weighted by atomic mass is 16.5. The van der Waals surface area contributed by atoms with Gasteiger partial charge in [-0.1, -0.05) is 17.7 Å². The second-order valence-electron chi connectivity index (χ2n) is 7.17. The van der Waals surface area contributed by atoms with E-state index in [2.05, 4.69) is 0 Å². The average Bonchev–Trinajstić information content (AvgIpc) is 2.92. The predicted octanol–water partition coefficient (Wildman–Crippen LogP) is 2.00. The molecule has 1 aliphatic carbocycles. The van der Waals surface area contributed by atoms with Crippen LogP contribution in [0.5, 0.6) is 0 Å². The van der Waals surface area contributed by atoms with Gasteiger partial charge in [-0.25, -0.2) is 0 Å². The number of ether oxygens (including phenoxy) is 1. The number of benzene rings is 1. The van der Waals surface area contributed by atoms with Crippen LogP contribution in [0.1, 0.15) is 30.1 Å². The van der Waals surface area contributed by atoms with Crippen LogP contribution in [-0.2, 0) is 14.3 Å². The van der Waals surface area contributed by atoms with Crippen molar-refractivity contribution >= 4 is 23.4 Å². The molecule has 1 aromatic rings. The summed E-state index contributed by atoms with van der Waals surface area (Å²) in [7, 11) is 0. The van der Waals surface area contributed by atoms with Crippen molar-refractivity contribution in [3.8, 4) is 0 Å². The largest absolute Gasteiger partial charge is 0.378 e. The molecular formula is C20H22N2O4. The zero-order valence-corrected chi connectivity index (χ0v) is 14.8. The number of hydrogen-bond donors (Lipinski definition) is 0. The van der Waals surface area contributed by atoms with Gasteiger partial charge in [0, 0.05) is 18.7 Å². The van der Waals surface area contributed by atoms with Crippen LogP contribution in [-0.4, -0.2) is 48.9 Å². The molecule has 0 radical (unpaired) electrons. The Bertz CT molecular complexity index is 795. The van der Waals surface area contributed by atoms with Crippen molar-refractivity contribution in [1.82, 2.24) is 4.90 Å². The minimum Gasteiger partial charge on any atom is -0.378 e. The third-order valence-corrected chi connectivity index (χ3v) is 5.47. The van der Waals surface area contributed by atoms with E-state index < -0.39 is 0 Å². The Labute approximate surface area is 152 Å². The van der Waals surface area contributed by atoms with Crippen molar-refractivity contribution in [1.29, 1.82) is 0 Å². The van der Waals surface area contributed by atoms with Crippen LogP contribution in [0.3, 0.4) is 0 Å². The van der Waals surface area contributed by atoms with Gasteiger partial charge in [0.25, 0.3) is 5.91 Å². The second kappa shape index (κ2) is 6.68. The maximum absolute atomic E-state index is 12.8. The van der Waals surface area contributed by atoms with Crippen LogP contribution in [0.2, 0.25) is 0 Å². The molecule has 6 heteroatoms. The summed E-state index contributed by atoms with van der Waals surface area (Å²) in [4.78, 5) is 41.4. The summed E-state index contributed by atoms with van der Waals surface area (Å²) in [5.74, 6) is -0.941. The summed E-state index contributed by atoms with van der Waals surface area (Å²) < 4.78 is 5.29. The lowest BCUT2D eigenvalue weighted by Crippen LogP contribution is -2.40. The number of rotatable bonds is 2. The van der Waals surface area contributed by atoms with E-state index in [0.29, 0.717) is 50.4 Å².